The van der Waals surface area contributed by atoms with Gasteiger partial charge in [0.25, 0.3) is 0 Å². The van der Waals surface area contributed by atoms with Crippen molar-refractivity contribution in [2.24, 2.45) is 0 Å². The van der Waals surface area contributed by atoms with E-state index in [1.807, 2.05) is 4.90 Å². The van der Waals surface area contributed by atoms with Gasteiger partial charge in [-0.05, 0) is 38.7 Å². The highest BCUT2D eigenvalue weighted by atomic mass is 19.1. The van der Waals surface area contributed by atoms with Crippen LogP contribution in [0.2, 0.25) is 0 Å². The predicted molar refractivity (Wildman–Crippen MR) is 73.7 cm³/mol. The summed E-state index contributed by atoms with van der Waals surface area (Å²) >= 11 is 0. The average molecular weight is 267 g/mol. The molecule has 4 heteroatoms. The zero-order valence-electron chi connectivity index (χ0n) is 11.3. The van der Waals surface area contributed by atoms with Gasteiger partial charge in [-0.25, -0.2) is 4.39 Å². The summed E-state index contributed by atoms with van der Waals surface area (Å²) in [5.74, 6) is -0.289. The molecule has 3 nitrogen and oxygen atoms in total. The maximum absolute atomic E-state index is 14.2. The van der Waals surface area contributed by atoms with Gasteiger partial charge in [-0.3, -0.25) is 0 Å². The zero-order valence-corrected chi connectivity index (χ0v) is 11.3. The van der Waals surface area contributed by atoms with E-state index in [2.05, 4.69) is 0 Å². The van der Waals surface area contributed by atoms with E-state index < -0.39 is 6.10 Å². The van der Waals surface area contributed by atoms with Crippen LogP contribution < -0.4 is 4.90 Å². The highest BCUT2D eigenvalue weighted by Gasteiger charge is 2.28. The molecular formula is C15H22FNO2. The Morgan fingerprint density at radius 2 is 2.16 bits per heavy atom. The molecule has 1 unspecified atom stereocenters. The molecule has 0 saturated heterocycles. The van der Waals surface area contributed by atoms with Crippen molar-refractivity contribution in [1.82, 2.24) is 0 Å². The minimum atomic E-state index is -0.692. The number of benzene rings is 1. The van der Waals surface area contributed by atoms with Crippen molar-refractivity contribution in [2.75, 3.05) is 18.1 Å². The Bertz CT molecular complexity index is 419. The molecule has 2 rings (SSSR count). The molecule has 1 atom stereocenters. The summed E-state index contributed by atoms with van der Waals surface area (Å²) in [7, 11) is 0. The van der Waals surface area contributed by atoms with Gasteiger partial charge >= 0.3 is 0 Å². The van der Waals surface area contributed by atoms with Gasteiger partial charge in [0.1, 0.15) is 5.82 Å². The number of aliphatic hydroxyl groups is 2. The summed E-state index contributed by atoms with van der Waals surface area (Å²) in [6.07, 6.45) is 3.20. The number of rotatable bonds is 6. The van der Waals surface area contributed by atoms with E-state index in [9.17, 15) is 9.50 Å². The number of hydrogen-bond donors (Lipinski definition) is 2. The van der Waals surface area contributed by atoms with Gasteiger partial charge in [0.15, 0.2) is 0 Å². The number of anilines is 1. The molecule has 0 bridgehead atoms. The molecule has 0 radical (unpaired) electrons. The van der Waals surface area contributed by atoms with Crippen LogP contribution in [-0.4, -0.2) is 29.4 Å². The minimum absolute atomic E-state index is 0.0989. The van der Waals surface area contributed by atoms with Crippen molar-refractivity contribution < 1.29 is 14.6 Å². The molecule has 1 aliphatic carbocycles. The lowest BCUT2D eigenvalue weighted by atomic mass is 9.90. The third kappa shape index (κ3) is 3.07. The molecule has 1 saturated carbocycles. The molecule has 1 aromatic carbocycles. The third-order valence-corrected chi connectivity index (χ3v) is 3.83. The van der Waals surface area contributed by atoms with Gasteiger partial charge in [-0.15, -0.1) is 0 Å². The lowest BCUT2D eigenvalue weighted by molar-refractivity contribution is 0.198. The Morgan fingerprint density at radius 3 is 2.68 bits per heavy atom. The fourth-order valence-corrected chi connectivity index (χ4v) is 2.59. The average Bonchev–Trinajstić information content (AvgIpc) is 2.32. The summed E-state index contributed by atoms with van der Waals surface area (Å²) in [4.78, 5) is 2.02. The van der Waals surface area contributed by atoms with E-state index in [4.69, 9.17) is 5.11 Å². The van der Waals surface area contributed by atoms with Crippen molar-refractivity contribution in [3.8, 4) is 0 Å². The predicted octanol–water partition coefficient (Wildman–Crippen LogP) is 2.62. The smallest absolute Gasteiger partial charge is 0.146 e. The van der Waals surface area contributed by atoms with Gasteiger partial charge in [-0.1, -0.05) is 12.1 Å². The SMILES string of the molecule is CC(O)c1cccc(F)c1N(CCCO)C1CCC1. The Hall–Kier alpha value is -1.13. The number of para-hydroxylation sites is 1. The third-order valence-electron chi connectivity index (χ3n) is 3.83. The van der Waals surface area contributed by atoms with Crippen LogP contribution in [-0.2, 0) is 0 Å². The fourth-order valence-electron chi connectivity index (χ4n) is 2.59. The van der Waals surface area contributed by atoms with E-state index in [0.717, 1.165) is 12.8 Å². The molecule has 2 N–H and O–H groups in total. The molecule has 1 aliphatic rings. The second kappa shape index (κ2) is 6.35. The van der Waals surface area contributed by atoms with Crippen LogP contribution >= 0.6 is 0 Å². The standard InChI is InChI=1S/C15H22FNO2/c1-11(19)13-7-3-8-14(16)15(13)17(9-4-10-18)12-5-2-6-12/h3,7-8,11-12,18-19H,2,4-6,9-10H2,1H3. The first kappa shape index (κ1) is 14.3. The van der Waals surface area contributed by atoms with Crippen LogP contribution in [0.1, 0.15) is 44.3 Å². The van der Waals surface area contributed by atoms with Crippen LogP contribution in [0.25, 0.3) is 0 Å². The highest BCUT2D eigenvalue weighted by molar-refractivity contribution is 5.57. The Morgan fingerprint density at radius 1 is 1.42 bits per heavy atom. The maximum atomic E-state index is 14.2. The van der Waals surface area contributed by atoms with Crippen LogP contribution in [0, 0.1) is 5.82 Å². The molecule has 0 amide bonds. The zero-order chi connectivity index (χ0) is 13.8. The first-order valence-corrected chi connectivity index (χ1v) is 6.99. The molecule has 0 spiro atoms. The van der Waals surface area contributed by atoms with Crippen LogP contribution in [0.4, 0.5) is 10.1 Å². The number of aliphatic hydroxyl groups excluding tert-OH is 2. The van der Waals surface area contributed by atoms with Gasteiger partial charge in [-0.2, -0.15) is 0 Å². The van der Waals surface area contributed by atoms with Gasteiger partial charge in [0.2, 0.25) is 0 Å². The molecule has 1 fully saturated rings. The molecule has 0 aromatic heterocycles. The molecule has 1 aromatic rings. The molecule has 0 aliphatic heterocycles. The Balaban J connectivity index is 2.33. The van der Waals surface area contributed by atoms with Crippen LogP contribution in [0.3, 0.4) is 0 Å². The van der Waals surface area contributed by atoms with Crippen molar-refractivity contribution in [2.45, 2.75) is 44.8 Å². The fraction of sp³-hybridized carbons (Fsp3) is 0.600. The highest BCUT2D eigenvalue weighted by Crippen LogP contribution is 2.35. The summed E-state index contributed by atoms with van der Waals surface area (Å²) in [5, 5.41) is 18.8. The lowest BCUT2D eigenvalue weighted by Crippen LogP contribution is -2.42. The monoisotopic (exact) mass is 267 g/mol. The second-order valence-corrected chi connectivity index (χ2v) is 5.21. The van der Waals surface area contributed by atoms with Crippen molar-refractivity contribution in [3.05, 3.63) is 29.6 Å². The van der Waals surface area contributed by atoms with Gasteiger partial charge in [0.05, 0.1) is 11.8 Å². The first-order chi connectivity index (χ1) is 9.15. The van der Waals surface area contributed by atoms with Crippen molar-refractivity contribution in [1.29, 1.82) is 0 Å². The van der Waals surface area contributed by atoms with Crippen molar-refractivity contribution >= 4 is 5.69 Å². The normalized spacial score (nSPS) is 17.1. The largest absolute Gasteiger partial charge is 0.396 e. The molecule has 0 heterocycles. The van der Waals surface area contributed by atoms with E-state index in [0.29, 0.717) is 30.3 Å². The van der Waals surface area contributed by atoms with Crippen LogP contribution in [0.5, 0.6) is 0 Å². The summed E-state index contributed by atoms with van der Waals surface area (Å²) in [6.45, 7) is 2.38. The van der Waals surface area contributed by atoms with Crippen LogP contribution in [0.15, 0.2) is 18.2 Å². The molecular weight excluding hydrogens is 245 g/mol. The maximum Gasteiger partial charge on any atom is 0.146 e. The quantitative estimate of drug-likeness (QED) is 0.832. The second-order valence-electron chi connectivity index (χ2n) is 5.21. The first-order valence-electron chi connectivity index (χ1n) is 6.99. The Labute approximate surface area is 113 Å². The van der Waals surface area contributed by atoms with Crippen molar-refractivity contribution in [3.63, 3.8) is 0 Å². The van der Waals surface area contributed by atoms with E-state index in [1.54, 1.807) is 19.1 Å². The molecule has 106 valence electrons. The summed E-state index contributed by atoms with van der Waals surface area (Å²) in [6, 6.07) is 5.17. The van der Waals surface area contributed by atoms with E-state index >= 15 is 0 Å². The number of hydrogen-bond acceptors (Lipinski definition) is 3. The van der Waals surface area contributed by atoms with E-state index in [1.165, 1.54) is 12.5 Å². The summed E-state index contributed by atoms with van der Waals surface area (Å²) < 4.78 is 14.2. The topological polar surface area (TPSA) is 43.7 Å². The number of nitrogens with zero attached hydrogens (tertiary/aromatic N) is 1. The number of halogens is 1. The minimum Gasteiger partial charge on any atom is -0.396 e. The molecule has 19 heavy (non-hydrogen) atoms. The van der Waals surface area contributed by atoms with Gasteiger partial charge < -0.3 is 15.1 Å². The summed E-state index contributed by atoms with van der Waals surface area (Å²) in [5.41, 5.74) is 1.14. The Kier molecular flexibility index (Phi) is 4.77. The van der Waals surface area contributed by atoms with E-state index in [-0.39, 0.29) is 12.4 Å². The lowest BCUT2D eigenvalue weighted by Gasteiger charge is -2.40. The van der Waals surface area contributed by atoms with Gasteiger partial charge in [0, 0.05) is 24.8 Å².